The van der Waals surface area contributed by atoms with Crippen LogP contribution in [0.15, 0.2) is 0 Å². The number of hydrogen-bond acceptors (Lipinski definition) is 0. The van der Waals surface area contributed by atoms with Crippen LogP contribution >= 0.6 is 0 Å². The fraction of sp³-hybridized carbons (Fsp3) is 1.00. The van der Waals surface area contributed by atoms with Gasteiger partial charge in [-0.05, 0) is 0 Å². The molecule has 0 bridgehead atoms. The predicted molar refractivity (Wildman–Crippen MR) is 204 cm³/mol. The second-order valence-corrected chi connectivity index (χ2v) is 72.6. The van der Waals surface area contributed by atoms with E-state index in [0.717, 1.165) is 0 Å². The monoisotopic (exact) mass is 1040 g/mol. The summed E-state index contributed by atoms with van der Waals surface area (Å²) in [6.07, 6.45) is 0. The van der Waals surface area contributed by atoms with E-state index in [9.17, 15) is 0 Å². The van der Waals surface area contributed by atoms with Crippen LogP contribution in [0.25, 0.3) is 0 Å². The topological polar surface area (TPSA) is 0 Å². The molecule has 0 saturated carbocycles. The van der Waals surface area contributed by atoms with E-state index in [1.54, 1.807) is 0 Å². The van der Waals surface area contributed by atoms with Gasteiger partial charge in [-0.1, -0.05) is 39.3 Å². The van der Waals surface area contributed by atoms with Crippen LogP contribution < -0.4 is 0 Å². The standard InChI is InChI=1S/C6H18Si3.6C3H9Ge.2Ge/c1-7(2)9(5,6)8(3)4;6*1-4(2)3;;/h1-6H3;6*1-3H3;;. The van der Waals surface area contributed by atoms with E-state index in [1.165, 1.54) is 0 Å². The summed E-state index contributed by atoms with van der Waals surface area (Å²) in [6.45, 7) is 15.1. The third-order valence-corrected chi connectivity index (χ3v) is 31.5. The van der Waals surface area contributed by atoms with Gasteiger partial charge in [0.1, 0.15) is 0 Å². The molecular weight excluding hydrogens is 953 g/mol. The van der Waals surface area contributed by atoms with Crippen molar-refractivity contribution in [2.75, 3.05) is 0 Å². The second-order valence-electron chi connectivity index (χ2n) is 12.6. The molecule has 212 valence electrons. The van der Waals surface area contributed by atoms with Crippen LogP contribution in [0.1, 0.15) is 0 Å². The molecule has 0 aromatic rings. The van der Waals surface area contributed by atoms with Gasteiger partial charge in [-0.25, -0.2) is 0 Å². The van der Waals surface area contributed by atoms with Crippen molar-refractivity contribution in [3.63, 3.8) is 0 Å². The van der Waals surface area contributed by atoms with Crippen molar-refractivity contribution >= 4 is 145 Å². The molecule has 0 nitrogen and oxygen atoms in total. The quantitative estimate of drug-likeness (QED) is 0.242. The van der Waals surface area contributed by atoms with E-state index in [1.807, 2.05) is 0 Å². The molecule has 0 amide bonds. The summed E-state index contributed by atoms with van der Waals surface area (Å²) in [5, 5.41) is 0. The van der Waals surface area contributed by atoms with E-state index in [0.29, 0.717) is 0 Å². The van der Waals surface area contributed by atoms with E-state index < -0.39 is 7.11 Å². The summed E-state index contributed by atoms with van der Waals surface area (Å²) >= 11 is -2.00. The van der Waals surface area contributed by atoms with Crippen LogP contribution in [0.4, 0.5) is 0 Å². The minimum Gasteiger partial charge on any atom is 0 e. The van der Waals surface area contributed by atoms with Crippen molar-refractivity contribution in [1.82, 2.24) is 0 Å². The first-order valence-corrected chi connectivity index (χ1v) is 60.3. The Balaban J connectivity index is -0.0000000330. The molecule has 0 aliphatic carbocycles. The van der Waals surface area contributed by atoms with Gasteiger partial charge < -0.3 is 0 Å². The Morgan fingerprint density at radius 2 is 0.371 bits per heavy atom. The first kappa shape index (κ1) is 63.3. The average Bonchev–Trinajstić information content (AvgIpc) is 2.42. The minimum atomic E-state index is -0.654. The molecule has 0 aliphatic rings. The summed E-state index contributed by atoms with van der Waals surface area (Å²) in [6, 6.07) is 0. The zero-order valence-corrected chi connectivity index (χ0v) is 49.3. The fourth-order valence-corrected chi connectivity index (χ4v) is 13.5. The zero-order chi connectivity index (χ0) is 29.1. The van der Waals surface area contributed by atoms with Crippen LogP contribution in [0, 0.1) is 0 Å². The molecule has 0 fully saturated rings. The van der Waals surface area contributed by atoms with Crippen molar-refractivity contribution in [3.8, 4) is 0 Å². The molecule has 0 spiro atoms. The summed E-state index contributed by atoms with van der Waals surface area (Å²) in [4.78, 5) is 0. The van der Waals surface area contributed by atoms with Gasteiger partial charge in [0.25, 0.3) is 0 Å². The van der Waals surface area contributed by atoms with E-state index in [-0.39, 0.29) is 138 Å². The van der Waals surface area contributed by atoms with Gasteiger partial charge >= 0.3 is 190 Å². The van der Waals surface area contributed by atoms with Crippen LogP contribution in [-0.4, -0.2) is 145 Å². The smallest absolute Gasteiger partial charge is 0 e. The summed E-state index contributed by atoms with van der Waals surface area (Å²) in [5.41, 5.74) is 0. The van der Waals surface area contributed by atoms with Crippen LogP contribution in [-0.2, 0) is 0 Å². The average molecular weight is 1030 g/mol. The molecular formula is C24H72Ge8Si3. The maximum Gasteiger partial charge on any atom is 0 e. The Morgan fingerprint density at radius 3 is 0.371 bits per heavy atom. The molecule has 0 aliphatic heterocycles. The van der Waals surface area contributed by atoms with Gasteiger partial charge in [0.2, 0.25) is 0 Å². The summed E-state index contributed by atoms with van der Waals surface area (Å²) in [7, 11) is -0.507. The first-order chi connectivity index (χ1) is 14.3. The van der Waals surface area contributed by atoms with Gasteiger partial charge in [0.05, 0.1) is 0 Å². The third-order valence-electron chi connectivity index (χ3n) is 2.50. The van der Waals surface area contributed by atoms with Gasteiger partial charge in [-0.15, -0.1) is 0 Å². The van der Waals surface area contributed by atoms with Gasteiger partial charge in [-0.3, -0.25) is 0 Å². The molecule has 0 rings (SSSR count). The molecule has 0 aromatic carbocycles. The van der Waals surface area contributed by atoms with Gasteiger partial charge in [-0.2, -0.15) is 0 Å². The first-order valence-electron chi connectivity index (χ1n) is 12.5. The molecule has 0 unspecified atom stereocenters. The van der Waals surface area contributed by atoms with Crippen molar-refractivity contribution < 1.29 is 0 Å². The van der Waals surface area contributed by atoms with E-state index >= 15 is 0 Å². The molecule has 11 heteroatoms. The Labute approximate surface area is 283 Å². The van der Waals surface area contributed by atoms with E-state index in [4.69, 9.17) is 0 Å². The predicted octanol–water partition coefficient (Wildman–Crippen LogP) is 9.82. The molecule has 35 heavy (non-hydrogen) atoms. The fourth-order valence-electron chi connectivity index (χ4n) is 0.500. The Bertz CT molecular complexity index is 242. The summed E-state index contributed by atoms with van der Waals surface area (Å²) < 4.78 is 0. The largest absolute Gasteiger partial charge is 0 e. The molecule has 0 saturated heterocycles. The van der Waals surface area contributed by atoms with Crippen molar-refractivity contribution in [1.29, 1.82) is 0 Å². The molecule has 0 aromatic heterocycles. The molecule has 16 radical (unpaired) electrons. The Morgan fingerprint density at radius 1 is 0.314 bits per heavy atom. The van der Waals surface area contributed by atoms with Crippen molar-refractivity contribution in [3.05, 3.63) is 0 Å². The normalized spacial score (nSPS) is 9.60. The molecule has 0 atom stereocenters. The summed E-state index contributed by atoms with van der Waals surface area (Å²) in [5.74, 6) is 42.0. The van der Waals surface area contributed by atoms with Crippen LogP contribution in [0.3, 0.4) is 0 Å². The minimum absolute atomic E-state index is 0. The molecule has 0 heterocycles. The van der Waals surface area contributed by atoms with Crippen LogP contribution in [0.5, 0.6) is 0 Å². The maximum atomic E-state index is 2.57. The van der Waals surface area contributed by atoms with Crippen molar-refractivity contribution in [2.24, 2.45) is 0 Å². The zero-order valence-electron chi connectivity index (χ0n) is 29.5. The number of rotatable bonds is 2. The Kier molecular flexibility index (Phi) is 83.1. The number of hydrogen-bond donors (Lipinski definition) is 0. The second kappa shape index (κ2) is 46.0. The van der Waals surface area contributed by atoms with Gasteiger partial charge in [0.15, 0.2) is 0 Å². The van der Waals surface area contributed by atoms with E-state index in [2.05, 4.69) is 143 Å². The van der Waals surface area contributed by atoms with Crippen LogP contribution in [0.2, 0.25) is 143 Å². The van der Waals surface area contributed by atoms with Crippen molar-refractivity contribution in [2.45, 2.75) is 143 Å². The van der Waals surface area contributed by atoms with Gasteiger partial charge in [0, 0.05) is 58.9 Å². The Hall–Kier alpha value is 4.99. The maximum absolute atomic E-state index is 2.57. The SMILES string of the molecule is C[Si](C)[Si](C)(C)[Si](C)C.[CH3][Ge]([CH3])[CH3].[CH3][Ge]([CH3])[CH3].[CH3][Ge]([CH3])[CH3].[CH3][Ge]([CH3])[CH3].[CH3][Ge]([CH3])[CH3].[CH3][Ge]([CH3])[CH3].[Ge].[Ge]. The molecule has 0 N–H and O–H groups in total. The third kappa shape index (κ3) is 185.